The standard InChI is InChI=1S/C18H17N5O3S/c24-17(25)13-7-12(9-19-10-13)15-11-21-18(27-15)22-16-8-14(1-2-20-16)23-3-5-26-6-4-23/h1-2,7-11H,3-6H2,(H,24,25)(H,20,21,22). The number of anilines is 3. The molecule has 0 saturated carbocycles. The van der Waals surface area contributed by atoms with Gasteiger partial charge >= 0.3 is 5.97 Å². The van der Waals surface area contributed by atoms with Crippen molar-refractivity contribution in [2.24, 2.45) is 0 Å². The first kappa shape index (κ1) is 17.4. The molecule has 0 aromatic carbocycles. The molecular formula is C18H17N5O3S. The predicted octanol–water partition coefficient (Wildman–Crippen LogP) is 2.88. The molecule has 3 aromatic rings. The van der Waals surface area contributed by atoms with Crippen LogP contribution >= 0.6 is 11.3 Å². The third-order valence-corrected chi connectivity index (χ3v) is 5.09. The molecule has 138 valence electrons. The molecule has 4 heterocycles. The number of rotatable bonds is 5. The number of ether oxygens (including phenoxy) is 1. The summed E-state index contributed by atoms with van der Waals surface area (Å²) in [5.74, 6) is -0.298. The molecule has 0 amide bonds. The summed E-state index contributed by atoms with van der Waals surface area (Å²) in [4.78, 5) is 26.9. The Morgan fingerprint density at radius 1 is 1.19 bits per heavy atom. The first-order valence-corrected chi connectivity index (χ1v) is 9.21. The van der Waals surface area contributed by atoms with E-state index in [2.05, 4.69) is 25.2 Å². The lowest BCUT2D eigenvalue weighted by Gasteiger charge is -2.28. The fourth-order valence-corrected chi connectivity index (χ4v) is 3.58. The number of nitrogens with zero attached hydrogens (tertiary/aromatic N) is 4. The number of aromatic nitrogens is 3. The third kappa shape index (κ3) is 4.04. The quantitative estimate of drug-likeness (QED) is 0.694. The Morgan fingerprint density at radius 2 is 2.04 bits per heavy atom. The number of morpholine rings is 1. The molecule has 1 fully saturated rings. The van der Waals surface area contributed by atoms with E-state index in [-0.39, 0.29) is 5.56 Å². The van der Waals surface area contributed by atoms with Crippen molar-refractivity contribution in [3.05, 3.63) is 48.5 Å². The fraction of sp³-hybridized carbons (Fsp3) is 0.222. The topological polar surface area (TPSA) is 100 Å². The number of carboxylic acids is 1. The predicted molar refractivity (Wildman–Crippen MR) is 103 cm³/mol. The number of hydrogen-bond acceptors (Lipinski definition) is 8. The Labute approximate surface area is 159 Å². The highest BCUT2D eigenvalue weighted by atomic mass is 32.1. The van der Waals surface area contributed by atoms with E-state index in [4.69, 9.17) is 9.84 Å². The minimum Gasteiger partial charge on any atom is -0.478 e. The highest BCUT2D eigenvalue weighted by molar-refractivity contribution is 7.18. The third-order valence-electron chi connectivity index (χ3n) is 4.13. The van der Waals surface area contributed by atoms with Crippen molar-refractivity contribution in [2.75, 3.05) is 36.5 Å². The van der Waals surface area contributed by atoms with E-state index >= 15 is 0 Å². The lowest BCUT2D eigenvalue weighted by molar-refractivity contribution is 0.0696. The van der Waals surface area contributed by atoms with Gasteiger partial charge < -0.3 is 20.1 Å². The average molecular weight is 383 g/mol. The molecule has 27 heavy (non-hydrogen) atoms. The Hall–Kier alpha value is -3.04. The van der Waals surface area contributed by atoms with E-state index in [0.29, 0.717) is 10.9 Å². The van der Waals surface area contributed by atoms with E-state index in [9.17, 15) is 4.79 Å². The smallest absolute Gasteiger partial charge is 0.337 e. The summed E-state index contributed by atoms with van der Waals surface area (Å²) in [7, 11) is 0. The molecule has 2 N–H and O–H groups in total. The number of hydrogen-bond donors (Lipinski definition) is 2. The van der Waals surface area contributed by atoms with Crippen LogP contribution in [0.3, 0.4) is 0 Å². The monoisotopic (exact) mass is 383 g/mol. The van der Waals surface area contributed by atoms with E-state index in [0.717, 1.165) is 42.4 Å². The van der Waals surface area contributed by atoms with Crippen LogP contribution in [0, 0.1) is 0 Å². The molecule has 4 rings (SSSR count). The Balaban J connectivity index is 1.51. The Kier molecular flexibility index (Phi) is 4.95. The maximum Gasteiger partial charge on any atom is 0.337 e. The van der Waals surface area contributed by atoms with Crippen LogP contribution in [0.2, 0.25) is 0 Å². The molecule has 9 heteroatoms. The average Bonchev–Trinajstić information content (AvgIpc) is 3.17. The molecular weight excluding hydrogens is 366 g/mol. The van der Waals surface area contributed by atoms with Crippen molar-refractivity contribution >= 4 is 33.9 Å². The normalized spacial score (nSPS) is 14.1. The first-order chi connectivity index (χ1) is 13.2. The van der Waals surface area contributed by atoms with Gasteiger partial charge in [0.2, 0.25) is 0 Å². The van der Waals surface area contributed by atoms with Gasteiger partial charge in [-0.05, 0) is 12.1 Å². The summed E-state index contributed by atoms with van der Waals surface area (Å²) in [5, 5.41) is 13.0. The van der Waals surface area contributed by atoms with Gasteiger partial charge in [-0.3, -0.25) is 4.98 Å². The molecule has 1 saturated heterocycles. The van der Waals surface area contributed by atoms with Crippen LogP contribution in [-0.4, -0.2) is 52.3 Å². The number of pyridine rings is 2. The highest BCUT2D eigenvalue weighted by Gasteiger charge is 2.13. The summed E-state index contributed by atoms with van der Waals surface area (Å²) in [5.41, 5.74) is 1.96. The molecule has 1 aliphatic heterocycles. The molecule has 0 spiro atoms. The second-order valence-corrected chi connectivity index (χ2v) is 6.95. The lowest BCUT2D eigenvalue weighted by atomic mass is 10.2. The maximum atomic E-state index is 11.1. The maximum absolute atomic E-state index is 11.1. The van der Waals surface area contributed by atoms with Gasteiger partial charge in [0.15, 0.2) is 5.13 Å². The minimum atomic E-state index is -1.00. The summed E-state index contributed by atoms with van der Waals surface area (Å²) >= 11 is 1.41. The van der Waals surface area contributed by atoms with Crippen molar-refractivity contribution in [3.63, 3.8) is 0 Å². The molecule has 0 unspecified atom stereocenters. The van der Waals surface area contributed by atoms with Gasteiger partial charge in [-0.25, -0.2) is 14.8 Å². The number of nitrogens with one attached hydrogen (secondary N) is 1. The first-order valence-electron chi connectivity index (χ1n) is 8.39. The van der Waals surface area contributed by atoms with Gasteiger partial charge in [-0.15, -0.1) is 0 Å². The lowest BCUT2D eigenvalue weighted by Crippen LogP contribution is -2.36. The zero-order valence-corrected chi connectivity index (χ0v) is 15.1. The summed E-state index contributed by atoms with van der Waals surface area (Å²) in [6.45, 7) is 3.17. The van der Waals surface area contributed by atoms with E-state index in [1.165, 1.54) is 17.5 Å². The van der Waals surface area contributed by atoms with Gasteiger partial charge in [-0.2, -0.15) is 0 Å². The van der Waals surface area contributed by atoms with Crippen LogP contribution in [0.25, 0.3) is 10.4 Å². The highest BCUT2D eigenvalue weighted by Crippen LogP contribution is 2.31. The zero-order chi connectivity index (χ0) is 18.6. The van der Waals surface area contributed by atoms with E-state index < -0.39 is 5.97 Å². The summed E-state index contributed by atoms with van der Waals surface area (Å²) in [6.07, 6.45) is 6.41. The zero-order valence-electron chi connectivity index (χ0n) is 14.3. The molecule has 1 aliphatic rings. The molecule has 0 atom stereocenters. The molecule has 0 aliphatic carbocycles. The van der Waals surface area contributed by atoms with E-state index in [1.54, 1.807) is 24.7 Å². The molecule has 0 bridgehead atoms. The largest absolute Gasteiger partial charge is 0.478 e. The summed E-state index contributed by atoms with van der Waals surface area (Å²) in [6, 6.07) is 5.55. The van der Waals surface area contributed by atoms with Crippen LogP contribution in [0.5, 0.6) is 0 Å². The van der Waals surface area contributed by atoms with Gasteiger partial charge in [0.25, 0.3) is 0 Å². The molecule has 0 radical (unpaired) electrons. The Morgan fingerprint density at radius 3 is 2.85 bits per heavy atom. The fourth-order valence-electron chi connectivity index (χ4n) is 2.77. The van der Waals surface area contributed by atoms with Crippen molar-refractivity contribution in [2.45, 2.75) is 0 Å². The van der Waals surface area contributed by atoms with Crippen molar-refractivity contribution in [1.82, 2.24) is 15.0 Å². The van der Waals surface area contributed by atoms with Gasteiger partial charge in [0, 0.05) is 55.2 Å². The molecule has 8 nitrogen and oxygen atoms in total. The van der Waals surface area contributed by atoms with Gasteiger partial charge in [-0.1, -0.05) is 11.3 Å². The van der Waals surface area contributed by atoms with Gasteiger partial charge in [0.1, 0.15) is 5.82 Å². The summed E-state index contributed by atoms with van der Waals surface area (Å²) < 4.78 is 5.39. The number of carbonyl (C=O) groups is 1. The second-order valence-electron chi connectivity index (χ2n) is 5.92. The second kappa shape index (κ2) is 7.68. The SMILES string of the molecule is O=C(O)c1cncc(-c2cnc(Nc3cc(N4CCOCC4)ccn3)s2)c1. The number of thiazole rings is 1. The Bertz CT molecular complexity index is 955. The van der Waals surface area contributed by atoms with Crippen LogP contribution in [0.15, 0.2) is 43.0 Å². The van der Waals surface area contributed by atoms with E-state index in [1.807, 2.05) is 12.1 Å². The van der Waals surface area contributed by atoms with Crippen molar-refractivity contribution in [1.29, 1.82) is 0 Å². The number of carboxylic acid groups (broad SMARTS) is 1. The minimum absolute atomic E-state index is 0.148. The van der Waals surface area contributed by atoms with Crippen LogP contribution in [0.4, 0.5) is 16.6 Å². The van der Waals surface area contributed by atoms with Crippen molar-refractivity contribution < 1.29 is 14.6 Å². The molecule has 3 aromatic heterocycles. The van der Waals surface area contributed by atoms with Crippen molar-refractivity contribution in [3.8, 4) is 10.4 Å². The van der Waals surface area contributed by atoms with Crippen LogP contribution in [-0.2, 0) is 4.74 Å². The van der Waals surface area contributed by atoms with Crippen LogP contribution < -0.4 is 10.2 Å². The van der Waals surface area contributed by atoms with Crippen LogP contribution in [0.1, 0.15) is 10.4 Å². The van der Waals surface area contributed by atoms with Gasteiger partial charge in [0.05, 0.1) is 23.7 Å². The number of aromatic carboxylic acids is 1.